The summed E-state index contributed by atoms with van der Waals surface area (Å²) in [7, 11) is 0. The van der Waals surface area contributed by atoms with Crippen molar-refractivity contribution in [3.05, 3.63) is 100 Å². The number of benzene rings is 2. The lowest BCUT2D eigenvalue weighted by molar-refractivity contribution is 0.0308. The normalized spacial score (nSPS) is 12.9. The Balaban J connectivity index is 1.28. The fourth-order valence-corrected chi connectivity index (χ4v) is 3.87. The SMILES string of the molecule is Cc1cc(=O)n(-c2ccc(F)cc2)nc1C(=O)Nc1ccc(Oc2ccnc(NC(=O)N3CC(O)C3)c2)c(F)c1. The first-order valence-corrected chi connectivity index (χ1v) is 12.0. The first-order chi connectivity index (χ1) is 19.2. The highest BCUT2D eigenvalue weighted by Crippen LogP contribution is 2.28. The molecular formula is C27H22F2N6O5. The molecule has 0 spiro atoms. The average molecular weight is 549 g/mol. The molecule has 3 amide bonds. The van der Waals surface area contributed by atoms with Gasteiger partial charge in [-0.1, -0.05) is 0 Å². The smallest absolute Gasteiger partial charge is 0.323 e. The summed E-state index contributed by atoms with van der Waals surface area (Å²) in [5.41, 5.74) is 0.0866. The second kappa shape index (κ2) is 10.9. The third-order valence-electron chi connectivity index (χ3n) is 5.94. The van der Waals surface area contributed by atoms with Crippen LogP contribution in [0.5, 0.6) is 11.5 Å². The van der Waals surface area contributed by atoms with Crippen LogP contribution in [0.25, 0.3) is 5.69 Å². The van der Waals surface area contributed by atoms with Gasteiger partial charge in [-0.2, -0.15) is 9.78 Å². The Kier molecular flexibility index (Phi) is 7.21. The number of anilines is 2. The van der Waals surface area contributed by atoms with Crippen molar-refractivity contribution in [1.29, 1.82) is 0 Å². The second-order valence-electron chi connectivity index (χ2n) is 8.97. The summed E-state index contributed by atoms with van der Waals surface area (Å²) in [6.07, 6.45) is 0.837. The van der Waals surface area contributed by atoms with E-state index in [0.29, 0.717) is 5.56 Å². The Labute approximate surface area is 225 Å². The van der Waals surface area contributed by atoms with Crippen LogP contribution in [-0.2, 0) is 0 Å². The number of β-amino-alcohol motifs (C(OH)–C–C–N with tert-alkyl or cyclic N) is 1. The Morgan fingerprint density at radius 1 is 1.02 bits per heavy atom. The standard InChI is InChI=1S/C27H22F2N6O5/c1-15-10-24(37)35(18-5-2-16(28)3-6-18)33-25(15)26(38)31-17-4-7-22(21(29)11-17)40-20-8-9-30-23(12-20)32-27(39)34-13-19(36)14-34/h2-12,19,36H,13-14H2,1H3,(H,31,38)(H,30,32,39). The lowest BCUT2D eigenvalue weighted by atomic mass is 10.2. The number of aromatic nitrogens is 3. The first-order valence-electron chi connectivity index (χ1n) is 12.0. The number of pyridine rings is 1. The van der Waals surface area contributed by atoms with Crippen LogP contribution in [0.3, 0.4) is 0 Å². The molecule has 5 rings (SSSR count). The number of aliphatic hydroxyl groups is 1. The summed E-state index contributed by atoms with van der Waals surface area (Å²) in [6.45, 7) is 1.99. The monoisotopic (exact) mass is 548 g/mol. The molecule has 2 aromatic carbocycles. The minimum absolute atomic E-state index is 0.0799. The number of amides is 3. The highest BCUT2D eigenvalue weighted by atomic mass is 19.1. The van der Waals surface area contributed by atoms with E-state index in [4.69, 9.17) is 4.74 Å². The van der Waals surface area contributed by atoms with Crippen molar-refractivity contribution < 1.29 is 28.2 Å². The van der Waals surface area contributed by atoms with Crippen LogP contribution in [0.4, 0.5) is 25.1 Å². The number of rotatable bonds is 6. The van der Waals surface area contributed by atoms with Gasteiger partial charge in [0.1, 0.15) is 17.4 Å². The van der Waals surface area contributed by atoms with E-state index in [1.54, 1.807) is 0 Å². The number of halogens is 2. The molecule has 204 valence electrons. The van der Waals surface area contributed by atoms with Gasteiger partial charge in [-0.15, -0.1) is 0 Å². The minimum Gasteiger partial charge on any atom is -0.454 e. The quantitative estimate of drug-likeness (QED) is 0.335. The molecule has 1 fully saturated rings. The highest BCUT2D eigenvalue weighted by molar-refractivity contribution is 6.03. The Hall–Kier alpha value is -5.17. The largest absolute Gasteiger partial charge is 0.454 e. The molecule has 1 saturated heterocycles. The Bertz CT molecular complexity index is 1650. The van der Waals surface area contributed by atoms with Crippen LogP contribution in [0.1, 0.15) is 16.1 Å². The number of aliphatic hydroxyl groups excluding tert-OH is 1. The first kappa shape index (κ1) is 26.4. The molecule has 0 unspecified atom stereocenters. The maximum Gasteiger partial charge on any atom is 0.323 e. The molecular weight excluding hydrogens is 526 g/mol. The summed E-state index contributed by atoms with van der Waals surface area (Å²) in [5, 5.41) is 18.6. The van der Waals surface area contributed by atoms with E-state index in [1.165, 1.54) is 60.5 Å². The number of carbonyl (C=O) groups is 2. The van der Waals surface area contributed by atoms with Gasteiger partial charge in [0, 0.05) is 30.1 Å². The van der Waals surface area contributed by atoms with Crippen molar-refractivity contribution in [2.45, 2.75) is 13.0 Å². The number of carbonyl (C=O) groups excluding carboxylic acids is 2. The zero-order valence-electron chi connectivity index (χ0n) is 21.0. The third kappa shape index (κ3) is 5.78. The molecule has 3 N–H and O–H groups in total. The summed E-state index contributed by atoms with van der Waals surface area (Å²) < 4.78 is 34.7. The number of nitrogens with one attached hydrogen (secondary N) is 2. The van der Waals surface area contributed by atoms with Crippen molar-refractivity contribution in [2.24, 2.45) is 0 Å². The number of urea groups is 1. The molecule has 0 radical (unpaired) electrons. The van der Waals surface area contributed by atoms with Crippen LogP contribution in [0.15, 0.2) is 71.7 Å². The van der Waals surface area contributed by atoms with Gasteiger partial charge >= 0.3 is 6.03 Å². The van der Waals surface area contributed by atoms with Crippen LogP contribution in [-0.4, -0.2) is 55.9 Å². The number of likely N-dealkylation sites (tertiary alicyclic amines) is 1. The number of aryl methyl sites for hydroxylation is 1. The van der Waals surface area contributed by atoms with Gasteiger partial charge in [0.25, 0.3) is 11.5 Å². The lowest BCUT2D eigenvalue weighted by Gasteiger charge is -2.35. The van der Waals surface area contributed by atoms with Crippen molar-refractivity contribution in [3.8, 4) is 17.2 Å². The maximum atomic E-state index is 14.9. The van der Waals surface area contributed by atoms with Gasteiger partial charge in [-0.25, -0.2) is 18.6 Å². The van der Waals surface area contributed by atoms with E-state index in [2.05, 4.69) is 20.7 Å². The fraction of sp³-hybridized carbons (Fsp3) is 0.148. The van der Waals surface area contributed by atoms with Gasteiger partial charge in [-0.05, 0) is 55.0 Å². The highest BCUT2D eigenvalue weighted by Gasteiger charge is 2.29. The number of hydrogen-bond acceptors (Lipinski definition) is 7. The molecule has 4 aromatic rings. The van der Waals surface area contributed by atoms with Gasteiger partial charge in [-0.3, -0.25) is 14.9 Å². The van der Waals surface area contributed by atoms with Crippen molar-refractivity contribution in [3.63, 3.8) is 0 Å². The summed E-state index contributed by atoms with van der Waals surface area (Å²) >= 11 is 0. The van der Waals surface area contributed by atoms with Crippen molar-refractivity contribution in [1.82, 2.24) is 19.7 Å². The Morgan fingerprint density at radius 3 is 2.48 bits per heavy atom. The minimum atomic E-state index is -0.782. The lowest BCUT2D eigenvalue weighted by Crippen LogP contribution is -2.54. The molecule has 1 aliphatic rings. The van der Waals surface area contributed by atoms with Crippen LogP contribution in [0.2, 0.25) is 0 Å². The molecule has 0 atom stereocenters. The Morgan fingerprint density at radius 2 is 1.77 bits per heavy atom. The maximum absolute atomic E-state index is 14.9. The molecule has 0 aliphatic carbocycles. The second-order valence-corrected chi connectivity index (χ2v) is 8.97. The molecule has 11 nitrogen and oxygen atoms in total. The summed E-state index contributed by atoms with van der Waals surface area (Å²) in [4.78, 5) is 42.9. The fourth-order valence-electron chi connectivity index (χ4n) is 3.87. The molecule has 13 heteroatoms. The molecule has 3 heterocycles. The average Bonchev–Trinajstić information content (AvgIpc) is 2.89. The van der Waals surface area contributed by atoms with E-state index in [1.807, 2.05) is 0 Å². The topological polar surface area (TPSA) is 139 Å². The molecule has 0 bridgehead atoms. The van der Waals surface area contributed by atoms with Gasteiger partial charge < -0.3 is 20.1 Å². The molecule has 2 aromatic heterocycles. The predicted molar refractivity (Wildman–Crippen MR) is 140 cm³/mol. The zero-order chi connectivity index (χ0) is 28.4. The van der Waals surface area contributed by atoms with E-state index in [-0.39, 0.29) is 47.5 Å². The van der Waals surface area contributed by atoms with Crippen molar-refractivity contribution in [2.75, 3.05) is 23.7 Å². The van der Waals surface area contributed by atoms with Crippen LogP contribution >= 0.6 is 0 Å². The van der Waals surface area contributed by atoms with E-state index in [0.717, 1.165) is 22.9 Å². The van der Waals surface area contributed by atoms with Crippen LogP contribution < -0.4 is 20.9 Å². The predicted octanol–water partition coefficient (Wildman–Crippen LogP) is 3.47. The summed E-state index contributed by atoms with van der Waals surface area (Å²) in [6, 6.07) is 12.5. The number of ether oxygens (including phenoxy) is 1. The van der Waals surface area contributed by atoms with Crippen molar-refractivity contribution >= 4 is 23.4 Å². The van der Waals surface area contributed by atoms with E-state index in [9.17, 15) is 28.3 Å². The number of hydrogen-bond donors (Lipinski definition) is 3. The molecule has 0 saturated carbocycles. The number of nitrogens with zero attached hydrogens (tertiary/aromatic N) is 4. The van der Waals surface area contributed by atoms with Crippen LogP contribution in [0, 0.1) is 18.6 Å². The zero-order valence-corrected chi connectivity index (χ0v) is 21.0. The molecule has 1 aliphatic heterocycles. The van der Waals surface area contributed by atoms with Gasteiger partial charge in [0.2, 0.25) is 0 Å². The van der Waals surface area contributed by atoms with Gasteiger partial charge in [0.05, 0.1) is 24.9 Å². The van der Waals surface area contributed by atoms with Gasteiger partial charge in [0.15, 0.2) is 17.3 Å². The van der Waals surface area contributed by atoms with E-state index >= 15 is 0 Å². The molecule has 40 heavy (non-hydrogen) atoms. The third-order valence-corrected chi connectivity index (χ3v) is 5.94. The summed E-state index contributed by atoms with van der Waals surface area (Å²) in [5.74, 6) is -1.73. The van der Waals surface area contributed by atoms with E-state index < -0.39 is 35.2 Å².